The lowest BCUT2D eigenvalue weighted by atomic mass is 9.92. The zero-order valence-corrected chi connectivity index (χ0v) is 14.1. The number of hydrogen-bond acceptors (Lipinski definition) is 2. The second-order valence-electron chi connectivity index (χ2n) is 6.18. The Morgan fingerprint density at radius 3 is 2.39 bits per heavy atom. The molecule has 2 aromatic carbocycles. The topological polar surface area (TPSA) is 32.3 Å². The number of fused-ring (bicyclic) bond motifs is 1. The summed E-state index contributed by atoms with van der Waals surface area (Å²) in [4.78, 5) is 14.6. The molecule has 1 heterocycles. The molecule has 1 aliphatic rings. The van der Waals surface area contributed by atoms with Crippen LogP contribution in [0, 0.1) is 6.92 Å². The molecule has 0 spiro atoms. The van der Waals surface area contributed by atoms with Crippen molar-refractivity contribution in [2.75, 3.05) is 23.3 Å². The maximum Gasteiger partial charge on any atom is 0.232 e. The summed E-state index contributed by atoms with van der Waals surface area (Å²) < 4.78 is 0. The number of anilines is 2. The maximum absolute atomic E-state index is 12.3. The van der Waals surface area contributed by atoms with Crippen molar-refractivity contribution >= 4 is 17.3 Å². The molecule has 3 nitrogen and oxygen atoms in total. The molecule has 0 saturated carbocycles. The summed E-state index contributed by atoms with van der Waals surface area (Å²) in [5.74, 6) is 0.0302. The van der Waals surface area contributed by atoms with E-state index in [1.54, 1.807) is 0 Å². The molecular formula is C20H24N2O. The van der Waals surface area contributed by atoms with Crippen molar-refractivity contribution in [1.82, 2.24) is 0 Å². The standard InChI is InChI=1S/C20H24N2O/c1-4-22(5-2)16-9-7-15(8-10-16)13-18-17-12-14(3)6-11-19(17)21-20(18)23/h6-12,18H,4-5,13H2,1-3H3,(H,21,23)/t18-/m1/s1. The second kappa shape index (κ2) is 6.45. The van der Waals surface area contributed by atoms with Crippen LogP contribution in [-0.2, 0) is 11.2 Å². The third-order valence-corrected chi connectivity index (χ3v) is 4.66. The number of nitrogens with zero attached hydrogens (tertiary/aromatic N) is 1. The molecule has 1 amide bonds. The Balaban J connectivity index is 1.80. The van der Waals surface area contributed by atoms with Crippen LogP contribution in [0.5, 0.6) is 0 Å². The van der Waals surface area contributed by atoms with Gasteiger partial charge in [-0.1, -0.05) is 29.8 Å². The van der Waals surface area contributed by atoms with Crippen LogP contribution in [0.4, 0.5) is 11.4 Å². The number of carbonyl (C=O) groups is 1. The first kappa shape index (κ1) is 15.6. The Labute approximate surface area is 138 Å². The van der Waals surface area contributed by atoms with E-state index >= 15 is 0 Å². The molecule has 0 radical (unpaired) electrons. The highest BCUT2D eigenvalue weighted by molar-refractivity contribution is 6.03. The summed E-state index contributed by atoms with van der Waals surface area (Å²) >= 11 is 0. The first-order valence-electron chi connectivity index (χ1n) is 8.37. The van der Waals surface area contributed by atoms with Crippen LogP contribution < -0.4 is 10.2 Å². The van der Waals surface area contributed by atoms with Crippen molar-refractivity contribution in [1.29, 1.82) is 0 Å². The van der Waals surface area contributed by atoms with Crippen LogP contribution in [0.2, 0.25) is 0 Å². The van der Waals surface area contributed by atoms with Gasteiger partial charge < -0.3 is 10.2 Å². The lowest BCUT2D eigenvalue weighted by molar-refractivity contribution is -0.117. The summed E-state index contributed by atoms with van der Waals surface area (Å²) in [6.07, 6.45) is 0.751. The molecule has 1 atom stereocenters. The Morgan fingerprint density at radius 1 is 1.04 bits per heavy atom. The minimum Gasteiger partial charge on any atom is -0.372 e. The van der Waals surface area contributed by atoms with Crippen LogP contribution in [0.25, 0.3) is 0 Å². The van der Waals surface area contributed by atoms with E-state index < -0.39 is 0 Å². The van der Waals surface area contributed by atoms with Gasteiger partial charge in [0.25, 0.3) is 0 Å². The third-order valence-electron chi connectivity index (χ3n) is 4.66. The monoisotopic (exact) mass is 308 g/mol. The van der Waals surface area contributed by atoms with E-state index in [4.69, 9.17) is 0 Å². The Morgan fingerprint density at radius 2 is 1.74 bits per heavy atom. The van der Waals surface area contributed by atoms with Gasteiger partial charge in [0, 0.05) is 24.5 Å². The zero-order valence-electron chi connectivity index (χ0n) is 14.1. The minimum atomic E-state index is -0.0794. The van der Waals surface area contributed by atoms with Crippen molar-refractivity contribution in [3.63, 3.8) is 0 Å². The first-order valence-corrected chi connectivity index (χ1v) is 8.37. The smallest absolute Gasteiger partial charge is 0.232 e. The maximum atomic E-state index is 12.3. The number of aryl methyl sites for hydroxylation is 1. The quantitative estimate of drug-likeness (QED) is 0.901. The predicted molar refractivity (Wildman–Crippen MR) is 96.3 cm³/mol. The van der Waals surface area contributed by atoms with Crippen molar-refractivity contribution in [3.8, 4) is 0 Å². The average molecular weight is 308 g/mol. The summed E-state index contributed by atoms with van der Waals surface area (Å²) in [5, 5.41) is 3.00. The van der Waals surface area contributed by atoms with E-state index in [2.05, 4.69) is 61.3 Å². The van der Waals surface area contributed by atoms with Gasteiger partial charge in [-0.05, 0) is 56.5 Å². The van der Waals surface area contributed by atoms with E-state index in [1.807, 2.05) is 12.1 Å². The van der Waals surface area contributed by atoms with E-state index in [0.29, 0.717) is 0 Å². The summed E-state index contributed by atoms with van der Waals surface area (Å²) in [6.45, 7) is 8.42. The van der Waals surface area contributed by atoms with Crippen LogP contribution >= 0.6 is 0 Å². The Hall–Kier alpha value is -2.29. The minimum absolute atomic E-state index is 0.0794. The second-order valence-corrected chi connectivity index (χ2v) is 6.18. The molecule has 0 fully saturated rings. The van der Waals surface area contributed by atoms with Crippen LogP contribution in [0.15, 0.2) is 42.5 Å². The molecule has 0 aliphatic carbocycles. The molecular weight excluding hydrogens is 284 g/mol. The summed E-state index contributed by atoms with van der Waals surface area (Å²) in [7, 11) is 0. The van der Waals surface area contributed by atoms with Crippen molar-refractivity contribution in [3.05, 3.63) is 59.2 Å². The molecule has 0 saturated heterocycles. The molecule has 3 heteroatoms. The highest BCUT2D eigenvalue weighted by Crippen LogP contribution is 2.35. The predicted octanol–water partition coefficient (Wildman–Crippen LogP) is 4.12. The van der Waals surface area contributed by atoms with Crippen LogP contribution in [0.1, 0.15) is 36.5 Å². The molecule has 1 N–H and O–H groups in total. The highest BCUT2D eigenvalue weighted by Gasteiger charge is 2.30. The summed E-state index contributed by atoms with van der Waals surface area (Å²) in [6, 6.07) is 14.8. The third kappa shape index (κ3) is 3.09. The van der Waals surface area contributed by atoms with Gasteiger partial charge >= 0.3 is 0 Å². The van der Waals surface area contributed by atoms with Gasteiger partial charge in [0.2, 0.25) is 5.91 Å². The zero-order chi connectivity index (χ0) is 16.4. The van der Waals surface area contributed by atoms with E-state index in [-0.39, 0.29) is 11.8 Å². The number of carbonyl (C=O) groups excluding carboxylic acids is 1. The van der Waals surface area contributed by atoms with E-state index in [9.17, 15) is 4.79 Å². The van der Waals surface area contributed by atoms with Crippen molar-refractivity contribution in [2.45, 2.75) is 33.1 Å². The molecule has 0 aromatic heterocycles. The molecule has 120 valence electrons. The van der Waals surface area contributed by atoms with Gasteiger partial charge in [-0.25, -0.2) is 0 Å². The van der Waals surface area contributed by atoms with Gasteiger partial charge in [-0.2, -0.15) is 0 Å². The number of amides is 1. The lowest BCUT2D eigenvalue weighted by Gasteiger charge is -2.21. The normalized spacial score (nSPS) is 16.1. The Kier molecular flexibility index (Phi) is 4.37. The number of benzene rings is 2. The molecule has 0 unspecified atom stereocenters. The molecule has 0 bridgehead atoms. The first-order chi connectivity index (χ1) is 11.1. The number of hydrogen-bond donors (Lipinski definition) is 1. The molecule has 23 heavy (non-hydrogen) atoms. The van der Waals surface area contributed by atoms with Crippen molar-refractivity contribution < 1.29 is 4.79 Å². The highest BCUT2D eigenvalue weighted by atomic mass is 16.2. The average Bonchev–Trinajstić information content (AvgIpc) is 2.86. The van der Waals surface area contributed by atoms with E-state index in [0.717, 1.165) is 30.8 Å². The van der Waals surface area contributed by atoms with Crippen LogP contribution in [-0.4, -0.2) is 19.0 Å². The van der Waals surface area contributed by atoms with Gasteiger partial charge in [-0.3, -0.25) is 4.79 Å². The Bertz CT molecular complexity index is 702. The SMILES string of the molecule is CCN(CC)c1ccc(C[C@H]2C(=O)Nc3ccc(C)cc32)cc1. The van der Waals surface area contributed by atoms with Gasteiger partial charge in [0.1, 0.15) is 0 Å². The fraction of sp³-hybridized carbons (Fsp3) is 0.350. The fourth-order valence-corrected chi connectivity index (χ4v) is 3.32. The molecule has 1 aliphatic heterocycles. The number of nitrogens with one attached hydrogen (secondary N) is 1. The van der Waals surface area contributed by atoms with Crippen LogP contribution in [0.3, 0.4) is 0 Å². The number of rotatable bonds is 5. The largest absolute Gasteiger partial charge is 0.372 e. The molecule has 2 aromatic rings. The summed E-state index contributed by atoms with van der Waals surface area (Å²) in [5.41, 5.74) is 5.73. The van der Waals surface area contributed by atoms with Crippen molar-refractivity contribution in [2.24, 2.45) is 0 Å². The molecule has 3 rings (SSSR count). The van der Waals surface area contributed by atoms with Gasteiger partial charge in [0.05, 0.1) is 5.92 Å². The lowest BCUT2D eigenvalue weighted by Crippen LogP contribution is -2.21. The fourth-order valence-electron chi connectivity index (χ4n) is 3.32. The van der Waals surface area contributed by atoms with Gasteiger partial charge in [-0.15, -0.1) is 0 Å². The van der Waals surface area contributed by atoms with Gasteiger partial charge in [0.15, 0.2) is 0 Å². The van der Waals surface area contributed by atoms with E-state index in [1.165, 1.54) is 16.8 Å².